The number of hydrogen-bond acceptors (Lipinski definition) is 13. The molecule has 0 aromatic carbocycles. The van der Waals surface area contributed by atoms with E-state index in [2.05, 4.69) is 4.74 Å². The Balaban J connectivity index is 3.29. The van der Waals surface area contributed by atoms with E-state index < -0.39 is 37.2 Å². The quantitative estimate of drug-likeness (QED) is 0.0542. The van der Waals surface area contributed by atoms with E-state index >= 15 is 0 Å². The summed E-state index contributed by atoms with van der Waals surface area (Å²) in [7, 11) is 1.62. The second kappa shape index (κ2) is 29.5. The first-order valence-electron chi connectivity index (χ1n) is 14.7. The van der Waals surface area contributed by atoms with E-state index in [0.717, 1.165) is 0 Å². The average Bonchev–Trinajstić information content (AvgIpc) is 3.02. The molecule has 0 aliphatic carbocycles. The zero-order valence-corrected chi connectivity index (χ0v) is 26.5. The Morgan fingerprint density at radius 2 is 0.596 bits per heavy atom. The highest BCUT2D eigenvalue weighted by atomic mass is 19.4. The van der Waals surface area contributed by atoms with Gasteiger partial charge in [-0.3, -0.25) is 0 Å². The van der Waals surface area contributed by atoms with Gasteiger partial charge in [-0.05, 0) is 0 Å². The van der Waals surface area contributed by atoms with Crippen molar-refractivity contribution in [2.24, 2.45) is 0 Å². The van der Waals surface area contributed by atoms with Crippen LogP contribution in [-0.2, 0) is 61.6 Å². The lowest BCUT2D eigenvalue weighted by Crippen LogP contribution is -2.56. The van der Waals surface area contributed by atoms with E-state index in [1.807, 2.05) is 0 Å². The summed E-state index contributed by atoms with van der Waals surface area (Å²) in [6, 6.07) is 0. The third-order valence-corrected chi connectivity index (χ3v) is 5.25. The average molecular weight is 713 g/mol. The van der Waals surface area contributed by atoms with Crippen molar-refractivity contribution in [2.75, 3.05) is 152 Å². The standard InChI is InChI=1S/C27H47F7O13/c1-36-2-3-37-4-5-38-6-7-39-8-9-40-10-11-41-12-13-42-14-15-43-16-17-44-18-19-45-20-21-46-22-23-47-24(35)25(28,29)26(30,31)27(32,33)34/h2-23H2,1H3. The molecule has 0 aromatic heterocycles. The first-order valence-corrected chi connectivity index (χ1v) is 14.7. The molecular formula is C27H47F7O13. The van der Waals surface area contributed by atoms with Crippen molar-refractivity contribution < 1.29 is 92.4 Å². The number of esters is 1. The van der Waals surface area contributed by atoms with Crippen molar-refractivity contribution in [3.63, 3.8) is 0 Å². The number of methoxy groups -OCH3 is 1. The van der Waals surface area contributed by atoms with E-state index in [0.29, 0.717) is 106 Å². The molecular weight excluding hydrogens is 665 g/mol. The molecule has 0 saturated heterocycles. The summed E-state index contributed by atoms with van der Waals surface area (Å²) in [5.74, 6) is -15.7. The van der Waals surface area contributed by atoms with Crippen LogP contribution >= 0.6 is 0 Å². The minimum atomic E-state index is -6.63. The van der Waals surface area contributed by atoms with Crippen LogP contribution in [0.4, 0.5) is 30.7 Å². The SMILES string of the molecule is COCCOCCOCCOCCOCCOCCOCCOCCOCCOCCOCCOC(=O)C(F)(F)C(F)(F)C(F)(F)F. The highest BCUT2D eigenvalue weighted by Crippen LogP contribution is 2.46. The summed E-state index contributed by atoms with van der Waals surface area (Å²) in [6.07, 6.45) is -6.63. The van der Waals surface area contributed by atoms with Gasteiger partial charge in [0.15, 0.2) is 0 Å². The van der Waals surface area contributed by atoms with Crippen molar-refractivity contribution in [1.82, 2.24) is 0 Å². The van der Waals surface area contributed by atoms with E-state index in [9.17, 15) is 35.5 Å². The van der Waals surface area contributed by atoms with Gasteiger partial charge in [0.1, 0.15) is 6.61 Å². The molecule has 0 radical (unpaired) electrons. The summed E-state index contributed by atoms with van der Waals surface area (Å²) in [5, 5.41) is 0. The van der Waals surface area contributed by atoms with Crippen LogP contribution in [0, 0.1) is 0 Å². The molecule has 13 nitrogen and oxygen atoms in total. The molecule has 20 heteroatoms. The van der Waals surface area contributed by atoms with Crippen LogP contribution in [0.2, 0.25) is 0 Å². The minimum absolute atomic E-state index is 0.0311. The van der Waals surface area contributed by atoms with Crippen molar-refractivity contribution >= 4 is 5.97 Å². The summed E-state index contributed by atoms with van der Waals surface area (Å²) >= 11 is 0. The van der Waals surface area contributed by atoms with Gasteiger partial charge in [-0.15, -0.1) is 0 Å². The number of carbonyl (C=O) groups is 1. The molecule has 0 fully saturated rings. The van der Waals surface area contributed by atoms with Crippen molar-refractivity contribution in [1.29, 1.82) is 0 Å². The lowest BCUT2D eigenvalue weighted by molar-refractivity contribution is -0.348. The van der Waals surface area contributed by atoms with Crippen LogP contribution in [0.5, 0.6) is 0 Å². The molecule has 0 aliphatic rings. The molecule has 0 rings (SSSR count). The molecule has 47 heavy (non-hydrogen) atoms. The number of rotatable bonds is 35. The minimum Gasteiger partial charge on any atom is -0.459 e. The van der Waals surface area contributed by atoms with Crippen molar-refractivity contribution in [3.8, 4) is 0 Å². The van der Waals surface area contributed by atoms with Gasteiger partial charge in [0.2, 0.25) is 0 Å². The van der Waals surface area contributed by atoms with Gasteiger partial charge >= 0.3 is 24.0 Å². The van der Waals surface area contributed by atoms with Crippen LogP contribution in [0.3, 0.4) is 0 Å². The molecule has 0 amide bonds. The Kier molecular flexibility index (Phi) is 28.5. The van der Waals surface area contributed by atoms with Crippen LogP contribution in [-0.4, -0.2) is 176 Å². The topological polar surface area (TPSA) is 128 Å². The van der Waals surface area contributed by atoms with Crippen molar-refractivity contribution in [2.45, 2.75) is 18.0 Å². The van der Waals surface area contributed by atoms with Crippen LogP contribution < -0.4 is 0 Å². The van der Waals surface area contributed by atoms with E-state index in [-0.39, 0.29) is 26.4 Å². The fraction of sp³-hybridized carbons (Fsp3) is 0.963. The summed E-state index contributed by atoms with van der Waals surface area (Å²) < 4.78 is 149. The maximum absolute atomic E-state index is 13.1. The predicted molar refractivity (Wildman–Crippen MR) is 147 cm³/mol. The number of carbonyl (C=O) groups excluding carboxylic acids is 1. The summed E-state index contributed by atoms with van der Waals surface area (Å²) in [6.45, 7) is 5.97. The first-order chi connectivity index (χ1) is 22.5. The molecule has 0 aliphatic heterocycles. The van der Waals surface area contributed by atoms with Gasteiger partial charge in [-0.2, -0.15) is 30.7 Å². The first kappa shape index (κ1) is 45.5. The second-order valence-corrected chi connectivity index (χ2v) is 8.90. The van der Waals surface area contributed by atoms with Crippen LogP contribution in [0.15, 0.2) is 0 Å². The molecule has 0 unspecified atom stereocenters. The highest BCUT2D eigenvalue weighted by molar-refractivity contribution is 5.79. The van der Waals surface area contributed by atoms with Gasteiger partial charge in [-0.25, -0.2) is 4.79 Å². The Bertz CT molecular complexity index is 723. The Morgan fingerprint density at radius 1 is 0.383 bits per heavy atom. The molecule has 0 N–H and O–H groups in total. The lowest BCUT2D eigenvalue weighted by Gasteiger charge is -2.26. The molecule has 0 aromatic rings. The molecule has 0 atom stereocenters. The Hall–Kier alpha value is -1.46. The number of hydrogen-bond donors (Lipinski definition) is 0. The third-order valence-electron chi connectivity index (χ3n) is 5.25. The largest absolute Gasteiger partial charge is 0.460 e. The lowest BCUT2D eigenvalue weighted by atomic mass is 10.1. The summed E-state index contributed by atoms with van der Waals surface area (Å²) in [4.78, 5) is 11.0. The monoisotopic (exact) mass is 712 g/mol. The smallest absolute Gasteiger partial charge is 0.459 e. The van der Waals surface area contributed by atoms with Gasteiger partial charge < -0.3 is 56.8 Å². The molecule has 0 heterocycles. The zero-order valence-electron chi connectivity index (χ0n) is 26.5. The number of ether oxygens (including phenoxy) is 12. The third kappa shape index (κ3) is 24.3. The molecule has 282 valence electrons. The Labute approximate surface area is 269 Å². The normalized spacial score (nSPS) is 12.6. The predicted octanol–water partition coefficient (Wildman–Crippen LogP) is 2.17. The zero-order chi connectivity index (χ0) is 35.1. The number of alkyl halides is 7. The van der Waals surface area contributed by atoms with Crippen LogP contribution in [0.25, 0.3) is 0 Å². The van der Waals surface area contributed by atoms with Gasteiger partial charge in [0.05, 0.1) is 139 Å². The van der Waals surface area contributed by atoms with Gasteiger partial charge in [0, 0.05) is 7.11 Å². The van der Waals surface area contributed by atoms with E-state index in [1.165, 1.54) is 0 Å². The highest BCUT2D eigenvalue weighted by Gasteiger charge is 2.77. The second-order valence-electron chi connectivity index (χ2n) is 8.90. The molecule has 0 bridgehead atoms. The maximum Gasteiger partial charge on any atom is 0.460 e. The van der Waals surface area contributed by atoms with Crippen molar-refractivity contribution in [3.05, 3.63) is 0 Å². The molecule has 0 saturated carbocycles. The number of halogens is 7. The van der Waals surface area contributed by atoms with E-state index in [4.69, 9.17) is 52.1 Å². The molecule has 0 spiro atoms. The van der Waals surface area contributed by atoms with Gasteiger partial charge in [0.25, 0.3) is 0 Å². The van der Waals surface area contributed by atoms with Gasteiger partial charge in [-0.1, -0.05) is 0 Å². The van der Waals surface area contributed by atoms with E-state index in [1.54, 1.807) is 7.11 Å². The Morgan fingerprint density at radius 3 is 0.809 bits per heavy atom. The maximum atomic E-state index is 13.1. The fourth-order valence-corrected chi connectivity index (χ4v) is 2.81. The summed E-state index contributed by atoms with van der Waals surface area (Å²) in [5.41, 5.74) is 0. The van der Waals surface area contributed by atoms with Crippen LogP contribution in [0.1, 0.15) is 0 Å². The fourth-order valence-electron chi connectivity index (χ4n) is 2.81.